The molecule has 0 saturated heterocycles. The third kappa shape index (κ3) is 4.65. The molecule has 0 aliphatic heterocycles. The molecule has 3 nitrogen and oxygen atoms in total. The van der Waals surface area contributed by atoms with Crippen LogP contribution in [0.2, 0.25) is 5.02 Å². The zero-order valence-corrected chi connectivity index (χ0v) is 16.3. The molecule has 2 aliphatic rings. The predicted octanol–water partition coefficient (Wildman–Crippen LogP) is 5.47. The minimum atomic E-state index is -0.0160. The minimum absolute atomic E-state index is 0.0160. The van der Waals surface area contributed by atoms with Crippen LogP contribution in [0, 0.1) is 5.92 Å². The van der Waals surface area contributed by atoms with Crippen molar-refractivity contribution in [2.75, 3.05) is 6.54 Å². The van der Waals surface area contributed by atoms with E-state index in [1.54, 1.807) is 0 Å². The molecule has 2 atom stereocenters. The van der Waals surface area contributed by atoms with E-state index in [4.69, 9.17) is 11.6 Å². The van der Waals surface area contributed by atoms with Crippen LogP contribution in [0.1, 0.15) is 55.1 Å². The van der Waals surface area contributed by atoms with Crippen LogP contribution in [-0.2, 0) is 0 Å². The number of urea groups is 1. The lowest BCUT2D eigenvalue weighted by molar-refractivity contribution is 0.221. The molecule has 2 aromatic carbocycles. The van der Waals surface area contributed by atoms with Gasteiger partial charge in [-0.1, -0.05) is 54.1 Å². The Morgan fingerprint density at radius 2 is 1.59 bits per heavy atom. The van der Waals surface area contributed by atoms with E-state index < -0.39 is 0 Å². The van der Waals surface area contributed by atoms with Gasteiger partial charge in [-0.05, 0) is 73.1 Å². The first-order chi connectivity index (χ1) is 13.2. The molecule has 4 rings (SSSR count). The van der Waals surface area contributed by atoms with Gasteiger partial charge in [0.25, 0.3) is 0 Å². The second-order valence-corrected chi connectivity index (χ2v) is 8.49. The summed E-state index contributed by atoms with van der Waals surface area (Å²) in [5.41, 5.74) is 2.75. The Kier molecular flexibility index (Phi) is 5.68. The van der Waals surface area contributed by atoms with Gasteiger partial charge in [0.15, 0.2) is 0 Å². The molecule has 2 aliphatic carbocycles. The SMILES string of the molecule is O=C(NCC1CCC(c2ccccc2)C1)NC1CC(c2ccc(Cl)cc2)C1. The molecule has 0 bridgehead atoms. The highest BCUT2D eigenvalue weighted by molar-refractivity contribution is 6.30. The summed E-state index contributed by atoms with van der Waals surface area (Å²) in [5.74, 6) is 1.77. The Hall–Kier alpha value is -2.00. The summed E-state index contributed by atoms with van der Waals surface area (Å²) in [5, 5.41) is 6.98. The van der Waals surface area contributed by atoms with Crippen LogP contribution in [0.25, 0.3) is 0 Å². The lowest BCUT2D eigenvalue weighted by Gasteiger charge is -2.36. The average Bonchev–Trinajstić information content (AvgIpc) is 3.13. The van der Waals surface area contributed by atoms with Crippen molar-refractivity contribution in [2.24, 2.45) is 5.92 Å². The number of carbonyl (C=O) groups is 1. The van der Waals surface area contributed by atoms with Gasteiger partial charge >= 0.3 is 6.03 Å². The maximum absolute atomic E-state index is 12.2. The summed E-state index contributed by atoms with van der Waals surface area (Å²) in [6, 6.07) is 19.1. The van der Waals surface area contributed by atoms with Crippen molar-refractivity contribution in [3.8, 4) is 0 Å². The van der Waals surface area contributed by atoms with Gasteiger partial charge in [0, 0.05) is 17.6 Å². The highest BCUT2D eigenvalue weighted by Crippen LogP contribution is 2.38. The molecule has 27 heavy (non-hydrogen) atoms. The van der Waals surface area contributed by atoms with Crippen LogP contribution in [0.15, 0.2) is 54.6 Å². The van der Waals surface area contributed by atoms with Crippen molar-refractivity contribution in [2.45, 2.75) is 50.0 Å². The Morgan fingerprint density at radius 3 is 2.33 bits per heavy atom. The zero-order valence-electron chi connectivity index (χ0n) is 15.5. The van der Waals surface area contributed by atoms with E-state index in [-0.39, 0.29) is 12.1 Å². The maximum Gasteiger partial charge on any atom is 0.315 e. The van der Waals surface area contributed by atoms with Gasteiger partial charge in [-0.2, -0.15) is 0 Å². The lowest BCUT2D eigenvalue weighted by atomic mass is 9.76. The van der Waals surface area contributed by atoms with Gasteiger partial charge < -0.3 is 10.6 Å². The summed E-state index contributed by atoms with van der Waals surface area (Å²) in [6.45, 7) is 0.780. The summed E-state index contributed by atoms with van der Waals surface area (Å²) < 4.78 is 0. The van der Waals surface area contributed by atoms with E-state index in [0.29, 0.717) is 17.8 Å². The van der Waals surface area contributed by atoms with Gasteiger partial charge in [-0.15, -0.1) is 0 Å². The summed E-state index contributed by atoms with van der Waals surface area (Å²) in [4.78, 5) is 12.2. The Labute approximate surface area is 166 Å². The first kappa shape index (κ1) is 18.4. The van der Waals surface area contributed by atoms with E-state index >= 15 is 0 Å². The standard InChI is InChI=1S/C23H27ClN2O/c24-21-10-8-18(9-11-21)20-13-22(14-20)26-23(27)25-15-16-6-7-19(12-16)17-4-2-1-3-5-17/h1-5,8-11,16,19-20,22H,6-7,12-15H2,(H2,25,26,27). The Morgan fingerprint density at radius 1 is 0.889 bits per heavy atom. The number of carbonyl (C=O) groups excluding carboxylic acids is 1. The van der Waals surface area contributed by atoms with E-state index in [0.717, 1.165) is 24.4 Å². The molecular weight excluding hydrogens is 356 g/mol. The van der Waals surface area contributed by atoms with Gasteiger partial charge in [0.1, 0.15) is 0 Å². The first-order valence-electron chi connectivity index (χ1n) is 10.0. The highest BCUT2D eigenvalue weighted by Gasteiger charge is 2.31. The molecule has 2 N–H and O–H groups in total. The number of amides is 2. The number of nitrogens with one attached hydrogen (secondary N) is 2. The minimum Gasteiger partial charge on any atom is -0.338 e. The molecule has 0 heterocycles. The third-order valence-corrected chi connectivity index (χ3v) is 6.43. The summed E-state index contributed by atoms with van der Waals surface area (Å²) >= 11 is 5.94. The molecule has 2 fully saturated rings. The van der Waals surface area contributed by atoms with Crippen molar-refractivity contribution in [1.82, 2.24) is 10.6 Å². The second-order valence-electron chi connectivity index (χ2n) is 8.06. The number of benzene rings is 2. The molecule has 0 spiro atoms. The van der Waals surface area contributed by atoms with Crippen LogP contribution in [0.4, 0.5) is 4.79 Å². The van der Waals surface area contributed by atoms with E-state index in [1.807, 2.05) is 12.1 Å². The monoisotopic (exact) mass is 382 g/mol. The first-order valence-corrected chi connectivity index (χ1v) is 10.4. The Bertz CT molecular complexity index is 756. The molecule has 0 radical (unpaired) electrons. The second kappa shape index (κ2) is 8.35. The highest BCUT2D eigenvalue weighted by atomic mass is 35.5. The van der Waals surface area contributed by atoms with Gasteiger partial charge in [0.2, 0.25) is 0 Å². The lowest BCUT2D eigenvalue weighted by Crippen LogP contribution is -2.48. The molecular formula is C23H27ClN2O. The van der Waals surface area contributed by atoms with Crippen LogP contribution in [0.5, 0.6) is 0 Å². The molecule has 2 aromatic rings. The molecule has 142 valence electrons. The van der Waals surface area contributed by atoms with Crippen molar-refractivity contribution in [3.05, 3.63) is 70.7 Å². The summed E-state index contributed by atoms with van der Waals surface area (Å²) in [6.07, 6.45) is 5.61. The summed E-state index contributed by atoms with van der Waals surface area (Å²) in [7, 11) is 0. The largest absolute Gasteiger partial charge is 0.338 e. The fourth-order valence-electron chi connectivity index (χ4n) is 4.50. The Balaban J connectivity index is 1.15. The van der Waals surface area contributed by atoms with E-state index in [1.165, 1.54) is 30.4 Å². The van der Waals surface area contributed by atoms with Crippen molar-refractivity contribution < 1.29 is 4.79 Å². The van der Waals surface area contributed by atoms with E-state index in [9.17, 15) is 4.79 Å². The smallest absolute Gasteiger partial charge is 0.315 e. The topological polar surface area (TPSA) is 41.1 Å². The van der Waals surface area contributed by atoms with Crippen LogP contribution in [0.3, 0.4) is 0 Å². The maximum atomic E-state index is 12.2. The molecule has 2 unspecified atom stereocenters. The van der Waals surface area contributed by atoms with Crippen molar-refractivity contribution in [3.63, 3.8) is 0 Å². The van der Waals surface area contributed by atoms with Crippen molar-refractivity contribution >= 4 is 17.6 Å². The fraction of sp³-hybridized carbons (Fsp3) is 0.435. The number of rotatable bonds is 5. The van der Waals surface area contributed by atoms with Crippen LogP contribution in [-0.4, -0.2) is 18.6 Å². The average molecular weight is 383 g/mol. The predicted molar refractivity (Wildman–Crippen MR) is 110 cm³/mol. The van der Waals surface area contributed by atoms with Crippen molar-refractivity contribution in [1.29, 1.82) is 0 Å². The molecule has 4 heteroatoms. The number of halogens is 1. The van der Waals surface area contributed by atoms with Gasteiger partial charge in [-0.25, -0.2) is 4.79 Å². The molecule has 2 saturated carbocycles. The normalized spacial score (nSPS) is 27.0. The third-order valence-electron chi connectivity index (χ3n) is 6.18. The van der Waals surface area contributed by atoms with Crippen LogP contribution < -0.4 is 10.6 Å². The molecule has 0 aromatic heterocycles. The zero-order chi connectivity index (χ0) is 18.6. The van der Waals surface area contributed by atoms with Gasteiger partial charge in [-0.3, -0.25) is 0 Å². The van der Waals surface area contributed by atoms with Gasteiger partial charge in [0.05, 0.1) is 0 Å². The van der Waals surface area contributed by atoms with Crippen LogP contribution >= 0.6 is 11.6 Å². The number of hydrogen-bond acceptors (Lipinski definition) is 1. The van der Waals surface area contributed by atoms with E-state index in [2.05, 4.69) is 53.1 Å². The quantitative estimate of drug-likeness (QED) is 0.707. The molecule has 2 amide bonds. The fourth-order valence-corrected chi connectivity index (χ4v) is 4.63. The number of hydrogen-bond donors (Lipinski definition) is 2.